The summed E-state index contributed by atoms with van der Waals surface area (Å²) in [5.41, 5.74) is 3.22. The van der Waals surface area contributed by atoms with Crippen LogP contribution in [-0.4, -0.2) is 20.8 Å². The number of nitrogens with one attached hydrogen (secondary N) is 1. The van der Waals surface area contributed by atoms with Crippen LogP contribution in [-0.2, 0) is 0 Å². The molecule has 1 saturated heterocycles. The van der Waals surface area contributed by atoms with Crippen molar-refractivity contribution in [3.63, 3.8) is 0 Å². The molecule has 2 atom stereocenters. The molecule has 0 spiro atoms. The SMILES string of the molecule is Fc1ccccc1-n1cccc1[C@@H]1[C@H](c2ccccn2)NC(=S)N1c1ccc(OC2CCCC2)cc1. The van der Waals surface area contributed by atoms with Gasteiger partial charge in [-0.25, -0.2) is 4.39 Å². The maximum Gasteiger partial charge on any atom is 0.174 e. The maximum atomic E-state index is 14.8. The number of anilines is 1. The molecule has 0 radical (unpaired) electrons. The topological polar surface area (TPSA) is 42.3 Å². The predicted octanol–water partition coefficient (Wildman–Crippen LogP) is 6.51. The minimum Gasteiger partial charge on any atom is -0.490 e. The number of pyridine rings is 1. The molecule has 0 amide bonds. The summed E-state index contributed by atoms with van der Waals surface area (Å²) in [7, 11) is 0. The number of hydrogen-bond donors (Lipinski definition) is 1. The summed E-state index contributed by atoms with van der Waals surface area (Å²) in [5.74, 6) is 0.592. The third-order valence-electron chi connectivity index (χ3n) is 7.01. The van der Waals surface area contributed by atoms with Crippen molar-refractivity contribution in [3.8, 4) is 11.4 Å². The number of para-hydroxylation sites is 1. The van der Waals surface area contributed by atoms with Gasteiger partial charge in [-0.2, -0.15) is 0 Å². The first kappa shape index (κ1) is 22.7. The zero-order valence-electron chi connectivity index (χ0n) is 19.8. The van der Waals surface area contributed by atoms with E-state index in [4.69, 9.17) is 17.0 Å². The second-order valence-corrected chi connectivity index (χ2v) is 9.66. The molecule has 1 aliphatic heterocycles. The maximum absolute atomic E-state index is 14.8. The van der Waals surface area contributed by atoms with Gasteiger partial charge in [0, 0.05) is 23.8 Å². The van der Waals surface area contributed by atoms with E-state index in [1.54, 1.807) is 18.3 Å². The van der Waals surface area contributed by atoms with Gasteiger partial charge in [0.1, 0.15) is 17.6 Å². The Morgan fingerprint density at radius 3 is 2.44 bits per heavy atom. The van der Waals surface area contributed by atoms with Crippen LogP contribution in [0.15, 0.2) is 91.3 Å². The highest BCUT2D eigenvalue weighted by Crippen LogP contribution is 2.42. The fraction of sp³-hybridized carbons (Fsp3) is 0.241. The van der Waals surface area contributed by atoms with Gasteiger partial charge < -0.3 is 19.5 Å². The predicted molar refractivity (Wildman–Crippen MR) is 143 cm³/mol. The lowest BCUT2D eigenvalue weighted by Gasteiger charge is -2.29. The van der Waals surface area contributed by atoms with Crippen molar-refractivity contribution < 1.29 is 9.13 Å². The Balaban J connectivity index is 1.40. The number of benzene rings is 2. The average Bonchev–Trinajstić information content (AvgIpc) is 3.66. The lowest BCUT2D eigenvalue weighted by molar-refractivity contribution is 0.210. The summed E-state index contributed by atoms with van der Waals surface area (Å²) in [6.07, 6.45) is 8.66. The Morgan fingerprint density at radius 2 is 1.69 bits per heavy atom. The van der Waals surface area contributed by atoms with Crippen LogP contribution in [0.3, 0.4) is 0 Å². The van der Waals surface area contributed by atoms with E-state index in [0.717, 1.165) is 35.7 Å². The van der Waals surface area contributed by atoms with Gasteiger partial charge in [0.15, 0.2) is 5.11 Å². The van der Waals surface area contributed by atoms with Crippen LogP contribution in [0.25, 0.3) is 5.69 Å². The van der Waals surface area contributed by atoms with E-state index in [2.05, 4.69) is 15.2 Å². The van der Waals surface area contributed by atoms with E-state index in [9.17, 15) is 4.39 Å². The largest absolute Gasteiger partial charge is 0.490 e. The van der Waals surface area contributed by atoms with E-state index < -0.39 is 0 Å². The number of rotatable bonds is 6. The fourth-order valence-electron chi connectivity index (χ4n) is 5.32. The van der Waals surface area contributed by atoms with Gasteiger partial charge in [-0.1, -0.05) is 18.2 Å². The molecule has 2 fully saturated rings. The van der Waals surface area contributed by atoms with Crippen LogP contribution in [0.5, 0.6) is 5.75 Å². The first-order valence-corrected chi connectivity index (χ1v) is 12.8. The van der Waals surface area contributed by atoms with Crippen LogP contribution in [0, 0.1) is 5.82 Å². The van der Waals surface area contributed by atoms with Gasteiger partial charge >= 0.3 is 0 Å². The number of ether oxygens (including phenoxy) is 1. The highest BCUT2D eigenvalue weighted by Gasteiger charge is 2.42. The van der Waals surface area contributed by atoms with Gasteiger partial charge in [0.2, 0.25) is 0 Å². The second kappa shape index (κ2) is 9.74. The van der Waals surface area contributed by atoms with Crippen molar-refractivity contribution in [1.29, 1.82) is 0 Å². The Bertz CT molecular complexity index is 1350. The van der Waals surface area contributed by atoms with Crippen molar-refractivity contribution in [2.45, 2.75) is 43.9 Å². The van der Waals surface area contributed by atoms with Crippen LogP contribution < -0.4 is 15.0 Å². The van der Waals surface area contributed by atoms with E-state index in [0.29, 0.717) is 16.9 Å². The van der Waals surface area contributed by atoms with E-state index in [1.807, 2.05) is 71.4 Å². The van der Waals surface area contributed by atoms with Crippen LogP contribution in [0.4, 0.5) is 10.1 Å². The van der Waals surface area contributed by atoms with E-state index in [-0.39, 0.29) is 17.9 Å². The van der Waals surface area contributed by atoms with Crippen molar-refractivity contribution >= 4 is 23.0 Å². The molecular weight excluding hydrogens is 471 g/mol. The number of hydrogen-bond acceptors (Lipinski definition) is 3. The van der Waals surface area contributed by atoms with Crippen molar-refractivity contribution in [2.75, 3.05) is 4.90 Å². The lowest BCUT2D eigenvalue weighted by atomic mass is 10.0. The summed E-state index contributed by atoms with van der Waals surface area (Å²) in [5, 5.41) is 4.08. The molecule has 5 nitrogen and oxygen atoms in total. The zero-order valence-corrected chi connectivity index (χ0v) is 20.6. The molecule has 2 aliphatic rings. The van der Waals surface area contributed by atoms with Crippen molar-refractivity contribution in [1.82, 2.24) is 14.9 Å². The molecule has 6 rings (SSSR count). The molecule has 0 unspecified atom stereocenters. The zero-order chi connectivity index (χ0) is 24.5. The number of thiocarbonyl (C=S) groups is 1. The molecule has 1 saturated carbocycles. The molecular formula is C29H27FN4OS. The third kappa shape index (κ3) is 4.24. The molecule has 1 N–H and O–H groups in total. The van der Waals surface area contributed by atoms with Crippen LogP contribution in [0.1, 0.15) is 49.2 Å². The molecule has 1 aliphatic carbocycles. The highest BCUT2D eigenvalue weighted by atomic mass is 32.1. The van der Waals surface area contributed by atoms with Gasteiger partial charge in [-0.3, -0.25) is 4.98 Å². The standard InChI is InChI=1S/C29H27FN4OS/c30-23-10-3-4-12-25(23)33-19-7-13-26(33)28-27(24-11-5-6-18-31-24)32-29(36)34(28)20-14-16-22(17-15-20)35-21-8-1-2-9-21/h3-7,10-19,21,27-28H,1-2,8-9H2,(H,32,36)/t27-,28+/m0/s1. The fourth-order valence-corrected chi connectivity index (χ4v) is 5.66. The molecule has 2 aromatic heterocycles. The molecule has 2 aromatic carbocycles. The Kier molecular flexibility index (Phi) is 6.15. The molecule has 7 heteroatoms. The van der Waals surface area contributed by atoms with Crippen molar-refractivity contribution in [2.24, 2.45) is 0 Å². The summed E-state index contributed by atoms with van der Waals surface area (Å²) in [4.78, 5) is 6.72. The minimum atomic E-state index is -0.280. The summed E-state index contributed by atoms with van der Waals surface area (Å²) < 4.78 is 22.9. The lowest BCUT2D eigenvalue weighted by Crippen LogP contribution is -2.30. The van der Waals surface area contributed by atoms with Crippen molar-refractivity contribution in [3.05, 3.63) is 108 Å². The Morgan fingerprint density at radius 1 is 0.917 bits per heavy atom. The molecule has 36 heavy (non-hydrogen) atoms. The van der Waals surface area contributed by atoms with Gasteiger partial charge in [-0.15, -0.1) is 0 Å². The molecule has 4 aromatic rings. The van der Waals surface area contributed by atoms with Gasteiger partial charge in [-0.05, 0) is 98.6 Å². The summed E-state index contributed by atoms with van der Waals surface area (Å²) in [6.45, 7) is 0. The third-order valence-corrected chi connectivity index (χ3v) is 7.33. The van der Waals surface area contributed by atoms with Crippen LogP contribution in [0.2, 0.25) is 0 Å². The quantitative estimate of drug-likeness (QED) is 0.307. The average molecular weight is 499 g/mol. The van der Waals surface area contributed by atoms with Gasteiger partial charge in [0.25, 0.3) is 0 Å². The summed E-state index contributed by atoms with van der Waals surface area (Å²) in [6, 6.07) is 24.3. The van der Waals surface area contributed by atoms with E-state index >= 15 is 0 Å². The molecule has 3 heterocycles. The smallest absolute Gasteiger partial charge is 0.174 e. The summed E-state index contributed by atoms with van der Waals surface area (Å²) >= 11 is 5.86. The van der Waals surface area contributed by atoms with E-state index in [1.165, 1.54) is 18.9 Å². The molecule has 0 bridgehead atoms. The molecule has 182 valence electrons. The second-order valence-electron chi connectivity index (χ2n) is 9.27. The first-order chi connectivity index (χ1) is 17.7. The number of nitrogens with zero attached hydrogens (tertiary/aromatic N) is 3. The van der Waals surface area contributed by atoms with Crippen LogP contribution >= 0.6 is 12.2 Å². The highest BCUT2D eigenvalue weighted by molar-refractivity contribution is 7.80. The number of halogens is 1. The monoisotopic (exact) mass is 498 g/mol. The Hall–Kier alpha value is -3.71. The van der Waals surface area contributed by atoms with Gasteiger partial charge in [0.05, 0.1) is 23.5 Å². The normalized spacial score (nSPS) is 20.0. The Labute approximate surface area is 215 Å². The first-order valence-electron chi connectivity index (χ1n) is 12.4. The number of aromatic nitrogens is 2. The minimum absolute atomic E-state index is 0.214.